The monoisotopic (exact) mass is 375 g/mol. The maximum atomic E-state index is 13.2. The molecule has 0 spiro atoms. The van der Waals surface area contributed by atoms with Crippen LogP contribution in [0.1, 0.15) is 43.2 Å². The van der Waals surface area contributed by atoms with Crippen molar-refractivity contribution in [3.05, 3.63) is 59.7 Å². The van der Waals surface area contributed by atoms with E-state index in [-0.39, 0.29) is 12.3 Å². The first-order chi connectivity index (χ1) is 12.3. The third-order valence-corrected chi connectivity index (χ3v) is 7.80. The van der Waals surface area contributed by atoms with Gasteiger partial charge in [-0.1, -0.05) is 48.6 Å². The molecule has 0 bridgehead atoms. The van der Waals surface area contributed by atoms with Crippen LogP contribution < -0.4 is 0 Å². The van der Waals surface area contributed by atoms with Gasteiger partial charge < -0.3 is 5.11 Å². The highest BCUT2D eigenvalue weighted by Crippen LogP contribution is 2.35. The van der Waals surface area contributed by atoms with Crippen molar-refractivity contribution in [3.63, 3.8) is 0 Å². The molecule has 0 amide bonds. The maximum Gasteiger partial charge on any atom is 0.307 e. The number of carboxylic acid groups (broad SMARTS) is 1. The zero-order chi connectivity index (χ0) is 18.8. The average Bonchev–Trinajstić information content (AvgIpc) is 2.62. The number of benzene rings is 1. The van der Waals surface area contributed by atoms with Crippen LogP contribution in [0.15, 0.2) is 48.6 Å². The fourth-order valence-electron chi connectivity index (χ4n) is 3.76. The van der Waals surface area contributed by atoms with Gasteiger partial charge in [0.25, 0.3) is 0 Å². The molecule has 2 atom stereocenters. The number of sulfonamides is 1. The first-order valence-electron chi connectivity index (χ1n) is 8.96. The van der Waals surface area contributed by atoms with Crippen LogP contribution in [-0.2, 0) is 21.2 Å². The predicted molar refractivity (Wildman–Crippen MR) is 102 cm³/mol. The minimum atomic E-state index is -3.45. The van der Waals surface area contributed by atoms with Crippen LogP contribution in [0.25, 0.3) is 0 Å². The van der Waals surface area contributed by atoms with Crippen molar-refractivity contribution in [1.29, 1.82) is 0 Å². The molecule has 2 aliphatic rings. The number of piperidine rings is 1. The Balaban J connectivity index is 1.80. The molecule has 1 fully saturated rings. The third kappa shape index (κ3) is 3.76. The number of carbonyl (C=O) groups is 1. The van der Waals surface area contributed by atoms with Crippen molar-refractivity contribution in [3.8, 4) is 0 Å². The van der Waals surface area contributed by atoms with Crippen LogP contribution in [0.4, 0.5) is 0 Å². The van der Waals surface area contributed by atoms with Gasteiger partial charge in [-0.15, -0.1) is 0 Å². The second-order valence-corrected chi connectivity index (χ2v) is 9.72. The molecule has 5 nitrogen and oxygen atoms in total. The Labute approximate surface area is 155 Å². The molecular formula is C20H25NO4S. The first kappa shape index (κ1) is 18.9. The predicted octanol–water partition coefficient (Wildman–Crippen LogP) is 3.10. The lowest BCUT2D eigenvalue weighted by Crippen LogP contribution is -2.49. The Morgan fingerprint density at radius 1 is 1.35 bits per heavy atom. The summed E-state index contributed by atoms with van der Waals surface area (Å²) in [6, 6.07) is 7.53. The highest BCUT2D eigenvalue weighted by molar-refractivity contribution is 7.90. The van der Waals surface area contributed by atoms with Crippen LogP contribution in [-0.4, -0.2) is 41.6 Å². The number of carboxylic acids is 1. The summed E-state index contributed by atoms with van der Waals surface area (Å²) < 4.78 is 27.2. The second kappa shape index (κ2) is 7.37. The standard InChI is InChI=1S/C20H25NO4S/c1-20(10-3-2-4-11-20)26(24,25)21-12-6-9-18(15-21)17-8-5-7-16(13-17)14-19(22)23/h2-5,7-8,10,13,18H,6,9,11-12,14-15H2,1H3,(H,22,23). The smallest absolute Gasteiger partial charge is 0.307 e. The van der Waals surface area contributed by atoms with Gasteiger partial charge in [0.15, 0.2) is 0 Å². The van der Waals surface area contributed by atoms with Gasteiger partial charge in [0, 0.05) is 13.1 Å². The van der Waals surface area contributed by atoms with E-state index in [0.29, 0.717) is 19.5 Å². The molecule has 1 saturated heterocycles. The SMILES string of the molecule is CC1(S(=O)(=O)N2CCCC(c3cccc(CC(=O)O)c3)C2)C=CC=CC1. The van der Waals surface area contributed by atoms with Gasteiger partial charge in [-0.3, -0.25) is 4.79 Å². The van der Waals surface area contributed by atoms with Gasteiger partial charge in [0.2, 0.25) is 10.0 Å². The molecule has 0 aromatic heterocycles. The van der Waals surface area contributed by atoms with Crippen molar-refractivity contribution >= 4 is 16.0 Å². The van der Waals surface area contributed by atoms with E-state index in [1.54, 1.807) is 29.4 Å². The topological polar surface area (TPSA) is 74.7 Å². The van der Waals surface area contributed by atoms with E-state index in [2.05, 4.69) is 0 Å². The average molecular weight is 375 g/mol. The molecule has 2 unspecified atom stereocenters. The fourth-order valence-corrected chi connectivity index (χ4v) is 5.65. The summed E-state index contributed by atoms with van der Waals surface area (Å²) in [5.41, 5.74) is 1.77. The van der Waals surface area contributed by atoms with Crippen LogP contribution in [0.5, 0.6) is 0 Å². The molecule has 140 valence electrons. The molecule has 26 heavy (non-hydrogen) atoms. The molecule has 1 aromatic carbocycles. The van der Waals surface area contributed by atoms with Crippen molar-refractivity contribution < 1.29 is 18.3 Å². The number of rotatable bonds is 5. The van der Waals surface area contributed by atoms with E-state index in [4.69, 9.17) is 5.11 Å². The Kier molecular flexibility index (Phi) is 5.34. The fraction of sp³-hybridized carbons (Fsp3) is 0.450. The molecule has 0 radical (unpaired) electrons. The Bertz CT molecular complexity index is 843. The van der Waals surface area contributed by atoms with Gasteiger partial charge in [-0.05, 0) is 43.2 Å². The zero-order valence-electron chi connectivity index (χ0n) is 15.0. The molecule has 1 N–H and O–H groups in total. The van der Waals surface area contributed by atoms with Gasteiger partial charge in [0.1, 0.15) is 4.75 Å². The molecule has 1 aliphatic heterocycles. The highest BCUT2D eigenvalue weighted by atomic mass is 32.2. The molecule has 3 rings (SSSR count). The minimum Gasteiger partial charge on any atom is -0.481 e. The number of nitrogens with zero attached hydrogens (tertiary/aromatic N) is 1. The maximum absolute atomic E-state index is 13.2. The lowest BCUT2D eigenvalue weighted by atomic mass is 9.90. The largest absolute Gasteiger partial charge is 0.481 e. The third-order valence-electron chi connectivity index (χ3n) is 5.31. The van der Waals surface area contributed by atoms with Crippen molar-refractivity contribution in [2.45, 2.75) is 43.3 Å². The van der Waals surface area contributed by atoms with E-state index < -0.39 is 20.7 Å². The summed E-state index contributed by atoms with van der Waals surface area (Å²) in [5.74, 6) is -0.765. The van der Waals surface area contributed by atoms with Crippen LogP contribution in [0, 0.1) is 0 Å². The summed E-state index contributed by atoms with van der Waals surface area (Å²) >= 11 is 0. The number of allylic oxidation sites excluding steroid dienone is 3. The summed E-state index contributed by atoms with van der Waals surface area (Å²) in [6.45, 7) is 2.77. The summed E-state index contributed by atoms with van der Waals surface area (Å²) in [7, 11) is -3.45. The van der Waals surface area contributed by atoms with E-state index >= 15 is 0 Å². The van der Waals surface area contributed by atoms with E-state index in [1.807, 2.05) is 30.4 Å². The highest BCUT2D eigenvalue weighted by Gasteiger charge is 2.42. The van der Waals surface area contributed by atoms with Crippen molar-refractivity contribution in [2.24, 2.45) is 0 Å². The van der Waals surface area contributed by atoms with Gasteiger partial charge >= 0.3 is 5.97 Å². The normalized spacial score (nSPS) is 26.7. The lowest BCUT2D eigenvalue weighted by Gasteiger charge is -2.38. The minimum absolute atomic E-state index is 0.0161. The second-order valence-electron chi connectivity index (χ2n) is 7.32. The molecule has 1 aliphatic carbocycles. The van der Waals surface area contributed by atoms with Gasteiger partial charge in [-0.2, -0.15) is 0 Å². The molecule has 1 aromatic rings. The van der Waals surface area contributed by atoms with Crippen LogP contribution in [0.2, 0.25) is 0 Å². The lowest BCUT2D eigenvalue weighted by molar-refractivity contribution is -0.136. The Morgan fingerprint density at radius 2 is 2.15 bits per heavy atom. The van der Waals surface area contributed by atoms with E-state index in [1.165, 1.54) is 0 Å². The summed E-state index contributed by atoms with van der Waals surface area (Å²) in [5, 5.41) is 8.99. The van der Waals surface area contributed by atoms with Gasteiger partial charge in [0.05, 0.1) is 6.42 Å². The zero-order valence-corrected chi connectivity index (χ0v) is 15.8. The van der Waals surface area contributed by atoms with E-state index in [0.717, 1.165) is 24.0 Å². The Hall–Kier alpha value is -1.92. The van der Waals surface area contributed by atoms with Gasteiger partial charge in [-0.25, -0.2) is 12.7 Å². The molecular weight excluding hydrogens is 350 g/mol. The summed E-state index contributed by atoms with van der Waals surface area (Å²) in [6.07, 6.45) is 9.55. The molecule has 1 heterocycles. The van der Waals surface area contributed by atoms with Crippen molar-refractivity contribution in [1.82, 2.24) is 4.31 Å². The molecule has 6 heteroatoms. The Morgan fingerprint density at radius 3 is 2.85 bits per heavy atom. The number of hydrogen-bond acceptors (Lipinski definition) is 3. The first-order valence-corrected chi connectivity index (χ1v) is 10.4. The van der Waals surface area contributed by atoms with E-state index in [9.17, 15) is 13.2 Å². The van der Waals surface area contributed by atoms with Crippen LogP contribution in [0.3, 0.4) is 0 Å². The van der Waals surface area contributed by atoms with Crippen LogP contribution >= 0.6 is 0 Å². The number of aliphatic carboxylic acids is 1. The number of hydrogen-bond donors (Lipinski definition) is 1. The quantitative estimate of drug-likeness (QED) is 0.858. The molecule has 0 saturated carbocycles. The van der Waals surface area contributed by atoms with Crippen molar-refractivity contribution in [2.75, 3.05) is 13.1 Å². The summed E-state index contributed by atoms with van der Waals surface area (Å²) in [4.78, 5) is 11.0.